The summed E-state index contributed by atoms with van der Waals surface area (Å²) in [6.07, 6.45) is 1.92. The summed E-state index contributed by atoms with van der Waals surface area (Å²) in [6.45, 7) is 4.63. The Morgan fingerprint density at radius 3 is 2.71 bits per heavy atom. The number of anilines is 1. The van der Waals surface area contributed by atoms with Gasteiger partial charge in [-0.2, -0.15) is 5.10 Å². The summed E-state index contributed by atoms with van der Waals surface area (Å²) in [6, 6.07) is 7.39. The predicted molar refractivity (Wildman–Crippen MR) is 81.4 cm³/mol. The van der Waals surface area contributed by atoms with Gasteiger partial charge in [-0.15, -0.1) is 5.10 Å². The molecule has 0 amide bonds. The number of rotatable bonds is 2. The van der Waals surface area contributed by atoms with Gasteiger partial charge in [-0.1, -0.05) is 31.2 Å². The van der Waals surface area contributed by atoms with Crippen LogP contribution in [0.1, 0.15) is 25.5 Å². The number of benzene rings is 1. The van der Waals surface area contributed by atoms with Crippen LogP contribution in [0.2, 0.25) is 0 Å². The summed E-state index contributed by atoms with van der Waals surface area (Å²) < 4.78 is 0. The lowest BCUT2D eigenvalue weighted by Crippen LogP contribution is -2.49. The zero-order valence-electron chi connectivity index (χ0n) is 12.3. The van der Waals surface area contributed by atoms with Crippen LogP contribution in [-0.2, 0) is 4.79 Å². The van der Waals surface area contributed by atoms with Crippen LogP contribution in [0.5, 0.6) is 0 Å². The number of carbonyl (C=O) groups is 1. The first kappa shape index (κ1) is 13.8. The van der Waals surface area contributed by atoms with Gasteiger partial charge < -0.3 is 10.0 Å². The van der Waals surface area contributed by atoms with Crippen LogP contribution in [-0.4, -0.2) is 33.9 Å². The van der Waals surface area contributed by atoms with Crippen LogP contribution in [0.25, 0.3) is 10.8 Å². The second kappa shape index (κ2) is 5.31. The van der Waals surface area contributed by atoms with Gasteiger partial charge >= 0.3 is 5.97 Å². The van der Waals surface area contributed by atoms with Gasteiger partial charge in [-0.05, 0) is 25.7 Å². The van der Waals surface area contributed by atoms with E-state index in [2.05, 4.69) is 10.2 Å². The molecule has 5 nitrogen and oxygen atoms in total. The summed E-state index contributed by atoms with van der Waals surface area (Å²) in [5.41, 5.74) is 0.867. The van der Waals surface area contributed by atoms with E-state index in [9.17, 15) is 9.90 Å². The van der Waals surface area contributed by atoms with Crippen molar-refractivity contribution in [1.29, 1.82) is 0 Å². The largest absolute Gasteiger partial charge is 0.480 e. The zero-order chi connectivity index (χ0) is 15.0. The van der Waals surface area contributed by atoms with Gasteiger partial charge in [0.25, 0.3) is 0 Å². The molecule has 21 heavy (non-hydrogen) atoms. The smallest absolute Gasteiger partial charge is 0.326 e. The molecule has 1 fully saturated rings. The van der Waals surface area contributed by atoms with Crippen LogP contribution < -0.4 is 4.90 Å². The van der Waals surface area contributed by atoms with Gasteiger partial charge in [0.05, 0.1) is 5.69 Å². The Hall–Kier alpha value is -2.17. The number of piperidine rings is 1. The number of hydrogen-bond acceptors (Lipinski definition) is 4. The number of fused-ring (bicyclic) bond motifs is 1. The number of hydrogen-bond donors (Lipinski definition) is 1. The standard InChI is InChI=1S/C16H19N3O2/c1-10-6-5-9-19(14(10)16(20)21)15-13-8-4-3-7-12(13)11(2)17-18-15/h3-4,7-8,10,14H,5-6,9H2,1-2H3,(H,20,21). The van der Waals surface area contributed by atoms with E-state index in [1.807, 2.05) is 43.0 Å². The summed E-state index contributed by atoms with van der Waals surface area (Å²) in [5, 5.41) is 20.1. The summed E-state index contributed by atoms with van der Waals surface area (Å²) in [5.74, 6) is 0.0157. The topological polar surface area (TPSA) is 66.3 Å². The zero-order valence-corrected chi connectivity index (χ0v) is 12.3. The minimum atomic E-state index is -0.784. The molecule has 2 unspecified atom stereocenters. The highest BCUT2D eigenvalue weighted by Gasteiger charge is 2.35. The van der Waals surface area contributed by atoms with E-state index in [0.717, 1.165) is 29.3 Å². The minimum absolute atomic E-state index is 0.109. The maximum Gasteiger partial charge on any atom is 0.326 e. The number of aryl methyl sites for hydroxylation is 1. The first-order chi connectivity index (χ1) is 10.1. The second-order valence-corrected chi connectivity index (χ2v) is 5.75. The Labute approximate surface area is 123 Å². The summed E-state index contributed by atoms with van der Waals surface area (Å²) >= 11 is 0. The first-order valence-electron chi connectivity index (χ1n) is 7.31. The van der Waals surface area contributed by atoms with Gasteiger partial charge in [-0.3, -0.25) is 0 Å². The normalized spacial score (nSPS) is 22.5. The second-order valence-electron chi connectivity index (χ2n) is 5.75. The SMILES string of the molecule is Cc1nnc(N2CCCC(C)C2C(=O)O)c2ccccc12. The van der Waals surface area contributed by atoms with Gasteiger partial charge in [0.1, 0.15) is 6.04 Å². The van der Waals surface area contributed by atoms with E-state index in [-0.39, 0.29) is 5.92 Å². The molecule has 5 heteroatoms. The van der Waals surface area contributed by atoms with Gasteiger partial charge in [0.2, 0.25) is 0 Å². The van der Waals surface area contributed by atoms with Crippen molar-refractivity contribution in [2.45, 2.75) is 32.7 Å². The molecule has 1 aliphatic heterocycles. The van der Waals surface area contributed by atoms with E-state index in [1.165, 1.54) is 0 Å². The molecule has 0 bridgehead atoms. The average molecular weight is 285 g/mol. The van der Waals surface area contributed by atoms with Gasteiger partial charge in [0.15, 0.2) is 5.82 Å². The summed E-state index contributed by atoms with van der Waals surface area (Å²) in [4.78, 5) is 13.6. The molecule has 0 spiro atoms. The van der Waals surface area contributed by atoms with E-state index >= 15 is 0 Å². The predicted octanol–water partition coefficient (Wildman–Crippen LogP) is 2.63. The fraction of sp³-hybridized carbons (Fsp3) is 0.438. The average Bonchev–Trinajstić information content (AvgIpc) is 2.47. The van der Waals surface area contributed by atoms with Crippen molar-refractivity contribution in [3.8, 4) is 0 Å². The van der Waals surface area contributed by atoms with Crippen molar-refractivity contribution in [2.24, 2.45) is 5.92 Å². The maximum atomic E-state index is 11.7. The lowest BCUT2D eigenvalue weighted by Gasteiger charge is -2.38. The highest BCUT2D eigenvalue weighted by atomic mass is 16.4. The van der Waals surface area contributed by atoms with Crippen LogP contribution >= 0.6 is 0 Å². The number of aliphatic carboxylic acids is 1. The number of nitrogens with zero attached hydrogens (tertiary/aromatic N) is 3. The Balaban J connectivity index is 2.15. The van der Waals surface area contributed by atoms with Crippen molar-refractivity contribution in [3.63, 3.8) is 0 Å². The number of aromatic nitrogens is 2. The molecule has 2 heterocycles. The van der Waals surface area contributed by atoms with Crippen LogP contribution in [0.4, 0.5) is 5.82 Å². The molecule has 110 valence electrons. The molecule has 1 saturated heterocycles. The third-order valence-electron chi connectivity index (χ3n) is 4.31. The Morgan fingerprint density at radius 1 is 1.29 bits per heavy atom. The maximum absolute atomic E-state index is 11.7. The third-order valence-corrected chi connectivity index (χ3v) is 4.31. The minimum Gasteiger partial charge on any atom is -0.480 e. The molecule has 0 saturated carbocycles. The molecule has 3 rings (SSSR count). The molecule has 1 aromatic heterocycles. The van der Waals surface area contributed by atoms with Crippen molar-refractivity contribution in [3.05, 3.63) is 30.0 Å². The van der Waals surface area contributed by atoms with Crippen molar-refractivity contribution in [1.82, 2.24) is 10.2 Å². The molecule has 0 aliphatic carbocycles. The van der Waals surface area contributed by atoms with Crippen molar-refractivity contribution in [2.75, 3.05) is 11.4 Å². The van der Waals surface area contributed by atoms with Crippen molar-refractivity contribution >= 4 is 22.6 Å². The van der Waals surface area contributed by atoms with Crippen LogP contribution in [0, 0.1) is 12.8 Å². The van der Waals surface area contributed by atoms with Crippen molar-refractivity contribution < 1.29 is 9.90 Å². The molecule has 1 N–H and O–H groups in total. The van der Waals surface area contributed by atoms with Gasteiger partial charge in [0, 0.05) is 17.3 Å². The molecule has 0 radical (unpaired) electrons. The van der Waals surface area contributed by atoms with Crippen LogP contribution in [0.15, 0.2) is 24.3 Å². The molecule has 2 aromatic rings. The lowest BCUT2D eigenvalue weighted by molar-refractivity contribution is -0.140. The van der Waals surface area contributed by atoms with Crippen LogP contribution in [0.3, 0.4) is 0 Å². The summed E-state index contributed by atoms with van der Waals surface area (Å²) in [7, 11) is 0. The van der Waals surface area contributed by atoms with Gasteiger partial charge in [-0.25, -0.2) is 4.79 Å². The first-order valence-corrected chi connectivity index (χ1v) is 7.31. The fourth-order valence-electron chi connectivity index (χ4n) is 3.24. The fourth-order valence-corrected chi connectivity index (χ4v) is 3.24. The third kappa shape index (κ3) is 2.33. The highest BCUT2D eigenvalue weighted by Crippen LogP contribution is 2.32. The molecule has 1 aromatic carbocycles. The van der Waals surface area contributed by atoms with E-state index in [4.69, 9.17) is 0 Å². The quantitative estimate of drug-likeness (QED) is 0.918. The Kier molecular flexibility index (Phi) is 3.49. The Morgan fingerprint density at radius 2 is 2.00 bits per heavy atom. The monoisotopic (exact) mass is 285 g/mol. The van der Waals surface area contributed by atoms with E-state index in [1.54, 1.807) is 0 Å². The molecular weight excluding hydrogens is 266 g/mol. The number of carboxylic acids is 1. The Bertz CT molecular complexity index is 686. The highest BCUT2D eigenvalue weighted by molar-refractivity contribution is 5.94. The number of carboxylic acid groups (broad SMARTS) is 1. The van der Waals surface area contributed by atoms with E-state index in [0.29, 0.717) is 12.4 Å². The van der Waals surface area contributed by atoms with E-state index < -0.39 is 12.0 Å². The molecular formula is C16H19N3O2. The molecule has 1 aliphatic rings. The molecule has 2 atom stereocenters. The lowest BCUT2D eigenvalue weighted by atomic mass is 9.90.